The number of carbonyl (C=O) groups is 3. The fourth-order valence-electron chi connectivity index (χ4n) is 3.41. The number of ether oxygens (including phenoxy) is 5. The van der Waals surface area contributed by atoms with Gasteiger partial charge in [-0.3, -0.25) is 14.4 Å². The molecule has 0 amide bonds. The minimum Gasteiger partial charge on any atom is -0.456 e. The first kappa shape index (κ1) is 24.8. The van der Waals surface area contributed by atoms with Crippen LogP contribution in [0.5, 0.6) is 0 Å². The van der Waals surface area contributed by atoms with E-state index in [-0.39, 0.29) is 6.61 Å². The van der Waals surface area contributed by atoms with Crippen molar-refractivity contribution in [1.82, 2.24) is 0 Å². The van der Waals surface area contributed by atoms with E-state index in [1.165, 1.54) is 20.8 Å². The Balaban J connectivity index is 2.21. The van der Waals surface area contributed by atoms with Crippen molar-refractivity contribution in [2.45, 2.75) is 77.8 Å². The molecule has 1 aromatic carbocycles. The SMILES string of the molecule is CCc1cccc([C@@H](O)COC2O[C@@H](C)[C@H](OC(C)=O)[C@@H](OC(C)=O)[C@H]2OC(C)=O)c1. The Labute approximate surface area is 181 Å². The van der Waals surface area contributed by atoms with Crippen LogP contribution in [0.25, 0.3) is 0 Å². The monoisotopic (exact) mass is 438 g/mol. The second-order valence-electron chi connectivity index (χ2n) is 7.38. The highest BCUT2D eigenvalue weighted by Gasteiger charge is 2.51. The lowest BCUT2D eigenvalue weighted by atomic mass is 9.98. The number of rotatable bonds is 8. The van der Waals surface area contributed by atoms with Crippen LogP contribution in [-0.4, -0.2) is 60.3 Å². The molecule has 1 unspecified atom stereocenters. The van der Waals surface area contributed by atoms with E-state index in [9.17, 15) is 19.5 Å². The Kier molecular flexibility index (Phi) is 8.97. The number of benzene rings is 1. The Morgan fingerprint density at radius 3 is 2.16 bits per heavy atom. The number of aliphatic hydroxyl groups excluding tert-OH is 1. The van der Waals surface area contributed by atoms with E-state index >= 15 is 0 Å². The third kappa shape index (κ3) is 7.02. The number of esters is 3. The molecule has 0 aliphatic carbocycles. The summed E-state index contributed by atoms with van der Waals surface area (Å²) >= 11 is 0. The number of aliphatic hydroxyl groups is 1. The molecule has 0 spiro atoms. The van der Waals surface area contributed by atoms with E-state index in [1.54, 1.807) is 13.0 Å². The standard InChI is InChI=1S/C22H30O9/c1-6-16-8-7-9-17(10-16)18(26)11-27-22-21(31-15(5)25)20(30-14(4)24)19(12(2)28-22)29-13(3)23/h7-10,12,18-22,26H,6,11H2,1-5H3/t12-,18-,19-,20+,21+,22?/m0/s1. The zero-order chi connectivity index (χ0) is 23.1. The van der Waals surface area contributed by atoms with Crippen LogP contribution in [0.2, 0.25) is 0 Å². The molecule has 1 heterocycles. The fraction of sp³-hybridized carbons (Fsp3) is 0.591. The van der Waals surface area contributed by atoms with Crippen LogP contribution in [0.3, 0.4) is 0 Å². The number of aryl methyl sites for hydroxylation is 1. The number of hydrogen-bond donors (Lipinski definition) is 1. The molecule has 0 radical (unpaired) electrons. The van der Waals surface area contributed by atoms with E-state index < -0.39 is 54.7 Å². The molecule has 1 fully saturated rings. The van der Waals surface area contributed by atoms with Crippen molar-refractivity contribution >= 4 is 17.9 Å². The normalized spacial score (nSPS) is 26.6. The summed E-state index contributed by atoms with van der Waals surface area (Å²) in [7, 11) is 0. The smallest absolute Gasteiger partial charge is 0.303 e. The van der Waals surface area contributed by atoms with Gasteiger partial charge in [0.05, 0.1) is 12.7 Å². The van der Waals surface area contributed by atoms with Gasteiger partial charge in [0.1, 0.15) is 6.10 Å². The van der Waals surface area contributed by atoms with Crippen LogP contribution in [0.4, 0.5) is 0 Å². The van der Waals surface area contributed by atoms with Crippen molar-refractivity contribution < 1.29 is 43.2 Å². The van der Waals surface area contributed by atoms with Crippen LogP contribution in [0, 0.1) is 0 Å². The zero-order valence-electron chi connectivity index (χ0n) is 18.4. The van der Waals surface area contributed by atoms with E-state index in [4.69, 9.17) is 23.7 Å². The molecule has 0 aromatic heterocycles. The van der Waals surface area contributed by atoms with Crippen molar-refractivity contribution in [2.24, 2.45) is 0 Å². The summed E-state index contributed by atoms with van der Waals surface area (Å²) < 4.78 is 27.4. The van der Waals surface area contributed by atoms with Crippen LogP contribution < -0.4 is 0 Å². The van der Waals surface area contributed by atoms with Gasteiger partial charge in [-0.05, 0) is 24.5 Å². The lowest BCUT2D eigenvalue weighted by molar-refractivity contribution is -0.304. The van der Waals surface area contributed by atoms with Crippen LogP contribution >= 0.6 is 0 Å². The summed E-state index contributed by atoms with van der Waals surface area (Å²) in [5.41, 5.74) is 1.73. The second-order valence-corrected chi connectivity index (χ2v) is 7.38. The van der Waals surface area contributed by atoms with Crippen molar-refractivity contribution in [3.63, 3.8) is 0 Å². The van der Waals surface area contributed by atoms with Crippen molar-refractivity contribution in [2.75, 3.05) is 6.61 Å². The van der Waals surface area contributed by atoms with Gasteiger partial charge in [0, 0.05) is 20.8 Å². The Bertz CT molecular complexity index is 778. The summed E-state index contributed by atoms with van der Waals surface area (Å²) in [5.74, 6) is -1.92. The van der Waals surface area contributed by atoms with Gasteiger partial charge in [0.2, 0.25) is 0 Å². The van der Waals surface area contributed by atoms with Crippen molar-refractivity contribution in [3.05, 3.63) is 35.4 Å². The van der Waals surface area contributed by atoms with Gasteiger partial charge in [-0.1, -0.05) is 31.2 Å². The highest BCUT2D eigenvalue weighted by Crippen LogP contribution is 2.30. The van der Waals surface area contributed by atoms with Crippen molar-refractivity contribution in [1.29, 1.82) is 0 Å². The minimum atomic E-state index is -1.20. The van der Waals surface area contributed by atoms with Gasteiger partial charge in [-0.15, -0.1) is 0 Å². The third-order valence-electron chi connectivity index (χ3n) is 4.80. The summed E-state index contributed by atoms with van der Waals surface area (Å²) in [6.45, 7) is 7.06. The highest BCUT2D eigenvalue weighted by molar-refractivity contribution is 5.68. The molecular weight excluding hydrogens is 408 g/mol. The molecular formula is C22H30O9. The molecule has 0 saturated carbocycles. The number of carbonyl (C=O) groups excluding carboxylic acids is 3. The third-order valence-corrected chi connectivity index (χ3v) is 4.80. The predicted octanol–water partition coefficient (Wildman–Crippen LogP) is 1.84. The van der Waals surface area contributed by atoms with Gasteiger partial charge in [0.25, 0.3) is 0 Å². The summed E-state index contributed by atoms with van der Waals surface area (Å²) in [6.07, 6.45) is -5.36. The first-order valence-electron chi connectivity index (χ1n) is 10.2. The van der Waals surface area contributed by atoms with Gasteiger partial charge in [-0.25, -0.2) is 0 Å². The fourth-order valence-corrected chi connectivity index (χ4v) is 3.41. The Morgan fingerprint density at radius 2 is 1.58 bits per heavy atom. The lowest BCUT2D eigenvalue weighted by Crippen LogP contribution is -2.61. The van der Waals surface area contributed by atoms with Crippen LogP contribution in [0.15, 0.2) is 24.3 Å². The average Bonchev–Trinajstić information content (AvgIpc) is 2.70. The zero-order valence-corrected chi connectivity index (χ0v) is 18.4. The second kappa shape index (κ2) is 11.2. The maximum absolute atomic E-state index is 11.7. The largest absolute Gasteiger partial charge is 0.456 e. The topological polar surface area (TPSA) is 118 Å². The summed E-state index contributed by atoms with van der Waals surface area (Å²) in [5, 5.41) is 10.5. The number of hydrogen-bond acceptors (Lipinski definition) is 9. The van der Waals surface area contributed by atoms with Gasteiger partial charge < -0.3 is 28.8 Å². The van der Waals surface area contributed by atoms with Crippen LogP contribution in [0.1, 0.15) is 51.8 Å². The van der Waals surface area contributed by atoms with Gasteiger partial charge in [-0.2, -0.15) is 0 Å². The molecule has 6 atom stereocenters. The maximum atomic E-state index is 11.7. The van der Waals surface area contributed by atoms with E-state index in [0.717, 1.165) is 12.0 Å². The molecule has 1 aliphatic heterocycles. The molecule has 1 N–H and O–H groups in total. The van der Waals surface area contributed by atoms with Gasteiger partial charge in [0.15, 0.2) is 24.6 Å². The summed E-state index contributed by atoms with van der Waals surface area (Å²) in [6, 6.07) is 7.46. The summed E-state index contributed by atoms with van der Waals surface area (Å²) in [4.78, 5) is 34.9. The van der Waals surface area contributed by atoms with Crippen molar-refractivity contribution in [3.8, 4) is 0 Å². The lowest BCUT2D eigenvalue weighted by Gasteiger charge is -2.43. The molecule has 172 valence electrons. The molecule has 1 saturated heterocycles. The molecule has 0 bridgehead atoms. The molecule has 2 rings (SSSR count). The predicted molar refractivity (Wildman–Crippen MR) is 108 cm³/mol. The maximum Gasteiger partial charge on any atom is 0.303 e. The molecule has 31 heavy (non-hydrogen) atoms. The Hall–Kier alpha value is -2.49. The first-order valence-corrected chi connectivity index (χ1v) is 10.2. The van der Waals surface area contributed by atoms with E-state index in [2.05, 4.69) is 0 Å². The molecule has 9 heteroatoms. The van der Waals surface area contributed by atoms with Crippen LogP contribution in [-0.2, 0) is 44.5 Å². The van der Waals surface area contributed by atoms with Gasteiger partial charge >= 0.3 is 17.9 Å². The minimum absolute atomic E-state index is 0.159. The van der Waals surface area contributed by atoms with E-state index in [1.807, 2.05) is 25.1 Å². The Morgan fingerprint density at radius 1 is 1.00 bits per heavy atom. The van der Waals surface area contributed by atoms with E-state index in [0.29, 0.717) is 5.56 Å². The molecule has 1 aromatic rings. The average molecular weight is 438 g/mol. The molecule has 1 aliphatic rings. The molecule has 9 nitrogen and oxygen atoms in total. The quantitative estimate of drug-likeness (QED) is 0.479. The first-order chi connectivity index (χ1) is 14.6. The highest BCUT2D eigenvalue weighted by atomic mass is 16.7.